The molecule has 1 saturated heterocycles. The van der Waals surface area contributed by atoms with Crippen molar-refractivity contribution in [3.05, 3.63) is 34.1 Å². The molecule has 1 fully saturated rings. The number of halogens is 2. The summed E-state index contributed by atoms with van der Waals surface area (Å²) in [5.41, 5.74) is -0.0957. The van der Waals surface area contributed by atoms with Gasteiger partial charge in [0.25, 0.3) is 0 Å². The molecule has 5 nitrogen and oxygen atoms in total. The Labute approximate surface area is 142 Å². The van der Waals surface area contributed by atoms with Crippen LogP contribution in [0.4, 0.5) is 9.18 Å². The Bertz CT molecular complexity index is 629. The molecule has 7 heteroatoms. The van der Waals surface area contributed by atoms with Crippen LogP contribution >= 0.6 is 15.9 Å². The third-order valence-electron chi connectivity index (χ3n) is 3.66. The quantitative estimate of drug-likeness (QED) is 0.841. The highest BCUT2D eigenvalue weighted by atomic mass is 79.9. The summed E-state index contributed by atoms with van der Waals surface area (Å²) in [6.45, 7) is 5.48. The van der Waals surface area contributed by atoms with Crippen LogP contribution in [0.15, 0.2) is 22.7 Å². The number of carbonyl (C=O) groups is 2. The van der Waals surface area contributed by atoms with E-state index in [1.807, 2.05) is 0 Å². The molecule has 1 aliphatic rings. The van der Waals surface area contributed by atoms with E-state index in [2.05, 4.69) is 15.9 Å². The molecule has 1 aliphatic heterocycles. The third kappa shape index (κ3) is 4.22. The molecule has 0 saturated carbocycles. The number of carboxylic acids is 1. The van der Waals surface area contributed by atoms with Crippen molar-refractivity contribution >= 4 is 28.0 Å². The number of nitrogens with zero attached hydrogens (tertiary/aromatic N) is 1. The van der Waals surface area contributed by atoms with E-state index in [4.69, 9.17) is 4.74 Å². The van der Waals surface area contributed by atoms with Crippen LogP contribution in [-0.2, 0) is 9.53 Å². The first-order valence-corrected chi connectivity index (χ1v) is 8.03. The average Bonchev–Trinajstić information content (AvgIpc) is 2.85. The van der Waals surface area contributed by atoms with Gasteiger partial charge in [0.15, 0.2) is 0 Å². The van der Waals surface area contributed by atoms with Gasteiger partial charge in [0.2, 0.25) is 0 Å². The van der Waals surface area contributed by atoms with Gasteiger partial charge in [-0.2, -0.15) is 0 Å². The minimum absolute atomic E-state index is 0.0482. The van der Waals surface area contributed by atoms with Crippen LogP contribution in [0, 0.1) is 11.7 Å². The molecule has 0 aromatic heterocycles. The number of hydrogen-bond acceptors (Lipinski definition) is 3. The first-order chi connectivity index (χ1) is 10.6. The van der Waals surface area contributed by atoms with E-state index in [0.717, 1.165) is 0 Å². The molecule has 1 N–H and O–H groups in total. The van der Waals surface area contributed by atoms with Gasteiger partial charge in [0.05, 0.1) is 10.4 Å². The maximum Gasteiger partial charge on any atom is 0.410 e. The second kappa shape index (κ2) is 6.47. The fraction of sp³-hybridized carbons (Fsp3) is 0.500. The standard InChI is InChI=1S/C16H19BrFNO4/c1-16(2,3)23-15(22)19-7-10(11(8-19)14(20)21)9-4-5-12(17)13(18)6-9/h4-6,10-11H,7-8H2,1-3H3,(H,20,21). The molecular weight excluding hydrogens is 369 g/mol. The van der Waals surface area contributed by atoms with Crippen molar-refractivity contribution in [1.82, 2.24) is 4.90 Å². The number of likely N-dealkylation sites (tertiary alicyclic amines) is 1. The second-order valence-corrected chi connectivity index (χ2v) is 7.46. The molecule has 0 spiro atoms. The van der Waals surface area contributed by atoms with E-state index in [9.17, 15) is 19.1 Å². The Morgan fingerprint density at radius 1 is 1.35 bits per heavy atom. The Morgan fingerprint density at radius 2 is 2.00 bits per heavy atom. The van der Waals surface area contributed by atoms with Gasteiger partial charge in [-0.15, -0.1) is 0 Å². The van der Waals surface area contributed by atoms with E-state index in [1.165, 1.54) is 11.0 Å². The fourth-order valence-electron chi connectivity index (χ4n) is 2.61. The summed E-state index contributed by atoms with van der Waals surface area (Å²) in [6, 6.07) is 4.52. The number of ether oxygens (including phenoxy) is 1. The predicted molar refractivity (Wildman–Crippen MR) is 85.8 cm³/mol. The molecule has 1 aromatic rings. The Morgan fingerprint density at radius 3 is 2.52 bits per heavy atom. The highest BCUT2D eigenvalue weighted by Crippen LogP contribution is 2.35. The lowest BCUT2D eigenvalue weighted by molar-refractivity contribution is -0.141. The van der Waals surface area contributed by atoms with Crippen molar-refractivity contribution in [3.63, 3.8) is 0 Å². The molecule has 0 bridgehead atoms. The topological polar surface area (TPSA) is 66.8 Å². The van der Waals surface area contributed by atoms with E-state index in [1.54, 1.807) is 32.9 Å². The lowest BCUT2D eigenvalue weighted by Crippen LogP contribution is -2.35. The van der Waals surface area contributed by atoms with E-state index >= 15 is 0 Å². The molecule has 0 radical (unpaired) electrons. The Kier molecular flexibility index (Phi) is 4.98. The first-order valence-electron chi connectivity index (χ1n) is 7.24. The molecule has 1 amide bonds. The van der Waals surface area contributed by atoms with Crippen LogP contribution in [0.25, 0.3) is 0 Å². The van der Waals surface area contributed by atoms with Crippen LogP contribution < -0.4 is 0 Å². The molecule has 2 unspecified atom stereocenters. The summed E-state index contributed by atoms with van der Waals surface area (Å²) in [5.74, 6) is -2.72. The predicted octanol–water partition coefficient (Wildman–Crippen LogP) is 3.62. The van der Waals surface area contributed by atoms with Crippen molar-refractivity contribution in [2.75, 3.05) is 13.1 Å². The monoisotopic (exact) mass is 387 g/mol. The summed E-state index contributed by atoms with van der Waals surface area (Å²) >= 11 is 3.07. The Hall–Kier alpha value is -1.63. The lowest BCUT2D eigenvalue weighted by atomic mass is 9.89. The zero-order valence-corrected chi connectivity index (χ0v) is 14.8. The van der Waals surface area contributed by atoms with Gasteiger partial charge in [-0.1, -0.05) is 6.07 Å². The normalized spacial score (nSPS) is 21.3. The minimum Gasteiger partial charge on any atom is -0.481 e. The average molecular weight is 388 g/mol. The maximum atomic E-state index is 13.7. The Balaban J connectivity index is 2.23. The van der Waals surface area contributed by atoms with Gasteiger partial charge < -0.3 is 14.7 Å². The van der Waals surface area contributed by atoms with Gasteiger partial charge in [-0.25, -0.2) is 9.18 Å². The number of aliphatic carboxylic acids is 1. The van der Waals surface area contributed by atoms with Crippen molar-refractivity contribution < 1.29 is 23.8 Å². The van der Waals surface area contributed by atoms with Crippen molar-refractivity contribution in [2.45, 2.75) is 32.3 Å². The maximum absolute atomic E-state index is 13.7. The van der Waals surface area contributed by atoms with Crippen LogP contribution in [-0.4, -0.2) is 40.8 Å². The zero-order chi connectivity index (χ0) is 17.4. The van der Waals surface area contributed by atoms with Crippen LogP contribution in [0.5, 0.6) is 0 Å². The molecule has 0 aliphatic carbocycles. The molecule has 1 heterocycles. The lowest BCUT2D eigenvalue weighted by Gasteiger charge is -2.24. The van der Waals surface area contributed by atoms with E-state index < -0.39 is 35.3 Å². The summed E-state index contributed by atoms with van der Waals surface area (Å²) in [7, 11) is 0. The van der Waals surface area contributed by atoms with Gasteiger partial charge in [-0.05, 0) is 54.4 Å². The van der Waals surface area contributed by atoms with Crippen molar-refractivity contribution in [3.8, 4) is 0 Å². The molecule has 1 aromatic carbocycles. The second-order valence-electron chi connectivity index (χ2n) is 6.61. The molecule has 23 heavy (non-hydrogen) atoms. The van der Waals surface area contributed by atoms with Gasteiger partial charge in [-0.3, -0.25) is 4.79 Å². The molecule has 2 atom stereocenters. The molecular formula is C16H19BrFNO4. The fourth-order valence-corrected chi connectivity index (χ4v) is 2.86. The van der Waals surface area contributed by atoms with Crippen molar-refractivity contribution in [1.29, 1.82) is 0 Å². The summed E-state index contributed by atoms with van der Waals surface area (Å²) in [5, 5.41) is 9.42. The first kappa shape index (κ1) is 17.7. The van der Waals surface area contributed by atoms with Gasteiger partial charge in [0, 0.05) is 19.0 Å². The third-order valence-corrected chi connectivity index (χ3v) is 4.30. The number of benzene rings is 1. The highest BCUT2D eigenvalue weighted by Gasteiger charge is 2.42. The number of rotatable bonds is 2. The smallest absolute Gasteiger partial charge is 0.410 e. The van der Waals surface area contributed by atoms with E-state index in [0.29, 0.717) is 10.0 Å². The number of hydrogen-bond donors (Lipinski definition) is 1. The molecule has 2 rings (SSSR count). The van der Waals surface area contributed by atoms with E-state index in [-0.39, 0.29) is 13.1 Å². The largest absolute Gasteiger partial charge is 0.481 e. The van der Waals surface area contributed by atoms with Crippen LogP contribution in [0.2, 0.25) is 0 Å². The van der Waals surface area contributed by atoms with Crippen LogP contribution in [0.3, 0.4) is 0 Å². The minimum atomic E-state index is -1.01. The number of amides is 1. The van der Waals surface area contributed by atoms with Gasteiger partial charge in [0.1, 0.15) is 11.4 Å². The van der Waals surface area contributed by atoms with Gasteiger partial charge >= 0.3 is 12.1 Å². The number of carboxylic acid groups (broad SMARTS) is 1. The zero-order valence-electron chi connectivity index (χ0n) is 13.2. The summed E-state index contributed by atoms with van der Waals surface area (Å²) in [6.07, 6.45) is -0.552. The highest BCUT2D eigenvalue weighted by molar-refractivity contribution is 9.10. The van der Waals surface area contributed by atoms with Crippen molar-refractivity contribution in [2.24, 2.45) is 5.92 Å². The van der Waals surface area contributed by atoms with Crippen LogP contribution in [0.1, 0.15) is 32.3 Å². The SMILES string of the molecule is CC(C)(C)OC(=O)N1CC(C(=O)O)C(c2ccc(Br)c(F)c2)C1. The summed E-state index contributed by atoms with van der Waals surface area (Å²) in [4.78, 5) is 25.0. The molecule has 126 valence electrons. The number of carbonyl (C=O) groups excluding carboxylic acids is 1. The summed E-state index contributed by atoms with van der Waals surface area (Å²) < 4.78 is 19.3.